The van der Waals surface area contributed by atoms with Crippen LogP contribution >= 0.6 is 0 Å². The number of hydrogen-bond donors (Lipinski definition) is 1. The van der Waals surface area contributed by atoms with E-state index in [1.54, 1.807) is 17.0 Å². The maximum Gasteiger partial charge on any atom is 0.155 e. The van der Waals surface area contributed by atoms with Crippen LogP contribution in [0.1, 0.15) is 0 Å². The van der Waals surface area contributed by atoms with Crippen LogP contribution in [-0.2, 0) is 0 Å². The maximum atomic E-state index is 4.01. The molecule has 0 bridgehead atoms. The van der Waals surface area contributed by atoms with Crippen molar-refractivity contribution in [3.05, 3.63) is 18.9 Å². The van der Waals surface area contributed by atoms with Gasteiger partial charge in [-0.25, -0.2) is 14.5 Å². The lowest BCUT2D eigenvalue weighted by Crippen LogP contribution is -1.98. The third-order valence-corrected chi connectivity index (χ3v) is 1.46. The standard InChI is InChI=1S/C6H7N5/c1-7-6-5-2-8-4-11(5)10-3-9-6/h2-4H,1H3,(H,7,9,10). The van der Waals surface area contributed by atoms with Gasteiger partial charge in [-0.3, -0.25) is 0 Å². The van der Waals surface area contributed by atoms with Crippen molar-refractivity contribution in [1.29, 1.82) is 0 Å². The summed E-state index contributed by atoms with van der Waals surface area (Å²) in [6, 6.07) is 0. The lowest BCUT2D eigenvalue weighted by Gasteiger charge is -1.98. The highest BCUT2D eigenvalue weighted by atomic mass is 15.3. The van der Waals surface area contributed by atoms with Gasteiger partial charge in [0, 0.05) is 7.05 Å². The minimum Gasteiger partial charge on any atom is -0.371 e. The first-order valence-corrected chi connectivity index (χ1v) is 3.23. The molecule has 0 amide bonds. The van der Waals surface area contributed by atoms with Crippen LogP contribution in [0.15, 0.2) is 18.9 Å². The Balaban J connectivity index is 2.79. The van der Waals surface area contributed by atoms with E-state index < -0.39 is 0 Å². The molecule has 0 unspecified atom stereocenters. The quantitative estimate of drug-likeness (QED) is 0.627. The average molecular weight is 149 g/mol. The van der Waals surface area contributed by atoms with Crippen molar-refractivity contribution in [3.8, 4) is 0 Å². The Morgan fingerprint density at radius 3 is 3.27 bits per heavy atom. The van der Waals surface area contributed by atoms with E-state index in [0.717, 1.165) is 11.3 Å². The molecule has 1 N–H and O–H groups in total. The van der Waals surface area contributed by atoms with Gasteiger partial charge < -0.3 is 5.32 Å². The van der Waals surface area contributed by atoms with E-state index in [9.17, 15) is 0 Å². The molecule has 0 fully saturated rings. The summed E-state index contributed by atoms with van der Waals surface area (Å²) in [5, 5.41) is 6.90. The van der Waals surface area contributed by atoms with Crippen molar-refractivity contribution >= 4 is 11.3 Å². The normalized spacial score (nSPS) is 10.3. The van der Waals surface area contributed by atoms with Crippen LogP contribution in [0, 0.1) is 0 Å². The van der Waals surface area contributed by atoms with E-state index in [2.05, 4.69) is 20.4 Å². The van der Waals surface area contributed by atoms with E-state index in [4.69, 9.17) is 0 Å². The first-order chi connectivity index (χ1) is 5.42. The zero-order chi connectivity index (χ0) is 7.68. The lowest BCUT2D eigenvalue weighted by molar-refractivity contribution is 0.894. The summed E-state index contributed by atoms with van der Waals surface area (Å²) in [7, 11) is 1.81. The molecule has 2 rings (SSSR count). The first kappa shape index (κ1) is 6.09. The third-order valence-electron chi connectivity index (χ3n) is 1.46. The van der Waals surface area contributed by atoms with Gasteiger partial charge in [-0.2, -0.15) is 5.10 Å². The Kier molecular flexibility index (Phi) is 1.21. The molecular formula is C6H7N5. The molecule has 0 saturated heterocycles. The molecule has 2 aromatic rings. The van der Waals surface area contributed by atoms with Gasteiger partial charge in [0.15, 0.2) is 5.82 Å². The molecule has 56 valence electrons. The van der Waals surface area contributed by atoms with Gasteiger partial charge in [-0.1, -0.05) is 0 Å². The van der Waals surface area contributed by atoms with Crippen molar-refractivity contribution in [2.75, 3.05) is 12.4 Å². The van der Waals surface area contributed by atoms with Gasteiger partial charge in [0.05, 0.1) is 6.20 Å². The average Bonchev–Trinajstić information content (AvgIpc) is 2.50. The molecule has 2 aromatic heterocycles. The number of hydrogen-bond acceptors (Lipinski definition) is 4. The second-order valence-corrected chi connectivity index (χ2v) is 2.08. The highest BCUT2D eigenvalue weighted by Gasteiger charge is 1.99. The molecular weight excluding hydrogens is 142 g/mol. The van der Waals surface area contributed by atoms with E-state index in [0.29, 0.717) is 0 Å². The first-order valence-electron chi connectivity index (χ1n) is 3.23. The molecule has 5 heteroatoms. The predicted molar refractivity (Wildman–Crippen MR) is 40.3 cm³/mol. The summed E-state index contributed by atoms with van der Waals surface area (Å²) in [6.07, 6.45) is 4.84. The summed E-state index contributed by atoms with van der Waals surface area (Å²) < 4.78 is 1.67. The second-order valence-electron chi connectivity index (χ2n) is 2.08. The van der Waals surface area contributed by atoms with Crippen LogP contribution in [0.25, 0.3) is 5.52 Å². The highest BCUT2D eigenvalue weighted by Crippen LogP contribution is 2.08. The smallest absolute Gasteiger partial charge is 0.155 e. The lowest BCUT2D eigenvalue weighted by atomic mass is 10.5. The second kappa shape index (κ2) is 2.19. The molecule has 2 heterocycles. The Hall–Kier alpha value is -1.65. The van der Waals surface area contributed by atoms with Gasteiger partial charge in [-0.15, -0.1) is 0 Å². The van der Waals surface area contributed by atoms with Gasteiger partial charge in [0.25, 0.3) is 0 Å². The topological polar surface area (TPSA) is 55.1 Å². The minimum atomic E-state index is 0.789. The predicted octanol–water partition coefficient (Wildman–Crippen LogP) is 0.166. The maximum absolute atomic E-state index is 4.01. The molecule has 0 spiro atoms. The summed E-state index contributed by atoms with van der Waals surface area (Å²) in [5.41, 5.74) is 0.884. The van der Waals surface area contributed by atoms with Crippen molar-refractivity contribution in [2.45, 2.75) is 0 Å². The molecule has 0 aliphatic rings. The number of nitrogens with zero attached hydrogens (tertiary/aromatic N) is 4. The van der Waals surface area contributed by atoms with E-state index in [-0.39, 0.29) is 0 Å². The van der Waals surface area contributed by atoms with Gasteiger partial charge >= 0.3 is 0 Å². The third kappa shape index (κ3) is 0.813. The fourth-order valence-electron chi connectivity index (χ4n) is 0.948. The van der Waals surface area contributed by atoms with Gasteiger partial charge in [0.1, 0.15) is 18.2 Å². The Morgan fingerprint density at radius 2 is 2.45 bits per heavy atom. The van der Waals surface area contributed by atoms with Crippen LogP contribution in [-0.4, -0.2) is 26.6 Å². The number of imidazole rings is 1. The SMILES string of the molecule is CNc1ncnn2cncc12. The van der Waals surface area contributed by atoms with Crippen molar-refractivity contribution in [1.82, 2.24) is 19.6 Å². The van der Waals surface area contributed by atoms with Crippen LogP contribution in [0.2, 0.25) is 0 Å². The fraction of sp³-hybridized carbons (Fsp3) is 0.167. The number of aromatic nitrogens is 4. The van der Waals surface area contributed by atoms with Gasteiger partial charge in [-0.05, 0) is 0 Å². The summed E-state index contributed by atoms with van der Waals surface area (Å²) in [5.74, 6) is 0.789. The number of fused-ring (bicyclic) bond motifs is 1. The summed E-state index contributed by atoms with van der Waals surface area (Å²) in [4.78, 5) is 7.94. The highest BCUT2D eigenvalue weighted by molar-refractivity contribution is 5.65. The molecule has 0 aliphatic carbocycles. The van der Waals surface area contributed by atoms with E-state index >= 15 is 0 Å². The largest absolute Gasteiger partial charge is 0.371 e. The number of rotatable bonds is 1. The molecule has 0 atom stereocenters. The van der Waals surface area contributed by atoms with Crippen molar-refractivity contribution in [3.63, 3.8) is 0 Å². The molecule has 11 heavy (non-hydrogen) atoms. The zero-order valence-corrected chi connectivity index (χ0v) is 6.02. The van der Waals surface area contributed by atoms with Crippen LogP contribution in [0.5, 0.6) is 0 Å². The van der Waals surface area contributed by atoms with E-state index in [1.165, 1.54) is 6.33 Å². The number of anilines is 1. The Labute approximate surface area is 63.1 Å². The molecule has 0 radical (unpaired) electrons. The number of nitrogens with one attached hydrogen (secondary N) is 1. The Morgan fingerprint density at radius 1 is 1.55 bits per heavy atom. The van der Waals surface area contributed by atoms with Crippen LogP contribution < -0.4 is 5.32 Å². The molecule has 0 aliphatic heterocycles. The molecule has 5 nitrogen and oxygen atoms in total. The monoisotopic (exact) mass is 149 g/mol. The fourth-order valence-corrected chi connectivity index (χ4v) is 0.948. The van der Waals surface area contributed by atoms with Crippen molar-refractivity contribution < 1.29 is 0 Å². The van der Waals surface area contributed by atoms with E-state index in [1.807, 2.05) is 7.05 Å². The minimum absolute atomic E-state index is 0.789. The van der Waals surface area contributed by atoms with Crippen molar-refractivity contribution in [2.24, 2.45) is 0 Å². The Bertz CT molecular complexity index is 366. The summed E-state index contributed by atoms with van der Waals surface area (Å²) >= 11 is 0. The summed E-state index contributed by atoms with van der Waals surface area (Å²) in [6.45, 7) is 0. The van der Waals surface area contributed by atoms with Gasteiger partial charge in [0.2, 0.25) is 0 Å². The van der Waals surface area contributed by atoms with Crippen LogP contribution in [0.4, 0.5) is 5.82 Å². The molecule has 0 aromatic carbocycles. The van der Waals surface area contributed by atoms with Crippen LogP contribution in [0.3, 0.4) is 0 Å². The zero-order valence-electron chi connectivity index (χ0n) is 6.02. The molecule has 0 saturated carbocycles.